The molecule has 1 saturated heterocycles. The Morgan fingerprint density at radius 3 is 2.59 bits per heavy atom. The zero-order valence-corrected chi connectivity index (χ0v) is 20.4. The van der Waals surface area contributed by atoms with E-state index in [2.05, 4.69) is 25.7 Å². The highest BCUT2D eigenvalue weighted by Crippen LogP contribution is 2.42. The summed E-state index contributed by atoms with van der Waals surface area (Å²) in [5.74, 6) is -0.259. The first-order valence-electron chi connectivity index (χ1n) is 12.2. The van der Waals surface area contributed by atoms with Gasteiger partial charge in [-0.1, -0.05) is 12.1 Å². The minimum Gasteiger partial charge on any atom is -0.340 e. The van der Waals surface area contributed by atoms with Gasteiger partial charge in [0.25, 0.3) is 11.8 Å². The predicted octanol–water partition coefficient (Wildman–Crippen LogP) is 3.31. The Kier molecular flexibility index (Phi) is 6.56. The molecule has 3 aromatic rings. The number of hydrogen-bond acceptors (Lipinski definition) is 7. The molecule has 11 heteroatoms. The lowest BCUT2D eigenvalue weighted by Gasteiger charge is -2.32. The summed E-state index contributed by atoms with van der Waals surface area (Å²) in [5, 5.41) is 18.8. The summed E-state index contributed by atoms with van der Waals surface area (Å²) in [6.07, 6.45) is 7.44. The normalized spacial score (nSPS) is 16.6. The molecule has 1 aliphatic heterocycles. The fraction of sp³-hybridized carbons (Fsp3) is 0.385. The van der Waals surface area contributed by atoms with Crippen LogP contribution >= 0.6 is 0 Å². The second-order valence-corrected chi connectivity index (χ2v) is 9.47. The number of nitrogens with zero attached hydrogens (tertiary/aromatic N) is 6. The number of nitriles is 1. The zero-order valence-electron chi connectivity index (χ0n) is 20.4. The Morgan fingerprint density at radius 1 is 1.19 bits per heavy atom. The summed E-state index contributed by atoms with van der Waals surface area (Å²) in [4.78, 5) is 35.0. The summed E-state index contributed by atoms with van der Waals surface area (Å²) in [6.45, 7) is 2.92. The molecule has 2 aliphatic rings. The maximum Gasteiger partial charge on any atom is 0.260 e. The highest BCUT2D eigenvalue weighted by Gasteiger charge is 2.53. The number of likely N-dealkylation sites (tertiary alicyclic amines) is 1. The second kappa shape index (κ2) is 9.97. The molecule has 0 radical (unpaired) electrons. The van der Waals surface area contributed by atoms with E-state index in [-0.39, 0.29) is 24.4 Å². The van der Waals surface area contributed by atoms with Crippen LogP contribution in [0.5, 0.6) is 0 Å². The molecule has 0 atom stereocenters. The van der Waals surface area contributed by atoms with Crippen molar-refractivity contribution in [3.63, 3.8) is 0 Å². The highest BCUT2D eigenvalue weighted by molar-refractivity contribution is 5.94. The number of benzene rings is 1. The standard InChI is InChI=1S/C26H27FN8O2/c1-17-14-30-25(33-22(17)18-2-4-19(5-3-18)23(36)29-11-10-28)32-20-15-31-35(16-20)21-6-12-34(13-7-21)24(37)26(27)8-9-26/h2-5,14-16,21H,6-9,11-13H2,1H3,(H,29,36)(H,30,32,33). The molecule has 1 saturated carbocycles. The van der Waals surface area contributed by atoms with E-state index in [0.717, 1.165) is 35.3 Å². The third-order valence-corrected chi connectivity index (χ3v) is 6.78. The first-order valence-corrected chi connectivity index (χ1v) is 12.2. The van der Waals surface area contributed by atoms with E-state index in [4.69, 9.17) is 5.26 Å². The molecule has 2 fully saturated rings. The average Bonchev–Trinajstić information content (AvgIpc) is 3.51. The van der Waals surface area contributed by atoms with Crippen molar-refractivity contribution in [2.75, 3.05) is 25.0 Å². The number of carbonyl (C=O) groups is 2. The number of piperidine rings is 1. The molecule has 0 spiro atoms. The highest BCUT2D eigenvalue weighted by atomic mass is 19.1. The van der Waals surface area contributed by atoms with Gasteiger partial charge in [-0.15, -0.1) is 0 Å². The topological polar surface area (TPSA) is 129 Å². The van der Waals surface area contributed by atoms with E-state index in [1.54, 1.807) is 29.4 Å². The van der Waals surface area contributed by atoms with Crippen molar-refractivity contribution in [3.8, 4) is 17.3 Å². The smallest absolute Gasteiger partial charge is 0.260 e. The van der Waals surface area contributed by atoms with Crippen molar-refractivity contribution in [1.82, 2.24) is 30.0 Å². The number of alkyl halides is 1. The molecule has 5 rings (SSSR count). The van der Waals surface area contributed by atoms with Crippen molar-refractivity contribution in [2.45, 2.75) is 44.3 Å². The van der Waals surface area contributed by atoms with Crippen molar-refractivity contribution in [3.05, 3.63) is 54.0 Å². The monoisotopic (exact) mass is 502 g/mol. The zero-order chi connectivity index (χ0) is 26.0. The Morgan fingerprint density at radius 2 is 1.92 bits per heavy atom. The molecule has 10 nitrogen and oxygen atoms in total. The number of carbonyl (C=O) groups excluding carboxylic acids is 2. The predicted molar refractivity (Wildman–Crippen MR) is 134 cm³/mol. The van der Waals surface area contributed by atoms with E-state index >= 15 is 0 Å². The van der Waals surface area contributed by atoms with Crippen LogP contribution in [0.1, 0.15) is 47.6 Å². The van der Waals surface area contributed by atoms with Crippen LogP contribution in [0, 0.1) is 18.3 Å². The maximum absolute atomic E-state index is 14.1. The van der Waals surface area contributed by atoms with Crippen LogP contribution in [-0.4, -0.2) is 61.8 Å². The lowest BCUT2D eigenvalue weighted by atomic mass is 10.0. The van der Waals surface area contributed by atoms with Crippen molar-refractivity contribution in [2.24, 2.45) is 0 Å². The molecule has 0 bridgehead atoms. The van der Waals surface area contributed by atoms with Crippen LogP contribution in [0.2, 0.25) is 0 Å². The van der Waals surface area contributed by atoms with E-state index in [1.165, 1.54) is 0 Å². The molecular weight excluding hydrogens is 475 g/mol. The molecular formula is C26H27FN8O2. The third kappa shape index (κ3) is 5.28. The van der Waals surface area contributed by atoms with Crippen LogP contribution < -0.4 is 10.6 Å². The number of hydrogen-bond donors (Lipinski definition) is 2. The second-order valence-electron chi connectivity index (χ2n) is 9.47. The van der Waals surface area contributed by atoms with Gasteiger partial charge in [0.05, 0.1) is 29.7 Å². The number of halogens is 1. The Labute approximate surface area is 213 Å². The fourth-order valence-corrected chi connectivity index (χ4v) is 4.47. The van der Waals surface area contributed by atoms with Gasteiger partial charge in [-0.05, 0) is 50.3 Å². The number of anilines is 2. The molecule has 1 aliphatic carbocycles. The Bertz CT molecular complexity index is 1350. The molecule has 37 heavy (non-hydrogen) atoms. The van der Waals surface area contributed by atoms with Crippen LogP contribution in [0.3, 0.4) is 0 Å². The largest absolute Gasteiger partial charge is 0.340 e. The maximum atomic E-state index is 14.1. The van der Waals surface area contributed by atoms with Crippen molar-refractivity contribution in [1.29, 1.82) is 5.26 Å². The molecule has 3 heterocycles. The minimum atomic E-state index is -1.61. The summed E-state index contributed by atoms with van der Waals surface area (Å²) >= 11 is 0. The van der Waals surface area contributed by atoms with Gasteiger partial charge in [-0.2, -0.15) is 10.4 Å². The summed E-state index contributed by atoms with van der Waals surface area (Å²) in [6, 6.07) is 9.02. The van der Waals surface area contributed by atoms with Gasteiger partial charge >= 0.3 is 0 Å². The summed E-state index contributed by atoms with van der Waals surface area (Å²) in [5.41, 5.74) is 2.02. The first kappa shape index (κ1) is 24.4. The number of aromatic nitrogens is 4. The van der Waals surface area contributed by atoms with E-state index < -0.39 is 5.67 Å². The molecule has 2 amide bonds. The van der Waals surface area contributed by atoms with Gasteiger partial charge in [0.2, 0.25) is 5.95 Å². The van der Waals surface area contributed by atoms with E-state index in [9.17, 15) is 14.0 Å². The average molecular weight is 503 g/mol. The lowest BCUT2D eigenvalue weighted by Crippen LogP contribution is -2.43. The molecule has 190 valence electrons. The van der Waals surface area contributed by atoms with Gasteiger partial charge < -0.3 is 15.5 Å². The van der Waals surface area contributed by atoms with Crippen molar-refractivity contribution >= 4 is 23.5 Å². The molecule has 0 unspecified atom stereocenters. The summed E-state index contributed by atoms with van der Waals surface area (Å²) in [7, 11) is 0. The van der Waals surface area contributed by atoms with Gasteiger partial charge in [0.15, 0.2) is 5.67 Å². The molecule has 1 aromatic carbocycles. The molecule has 2 aromatic heterocycles. The van der Waals surface area contributed by atoms with Crippen LogP contribution in [0.25, 0.3) is 11.3 Å². The Balaban J connectivity index is 1.23. The lowest BCUT2D eigenvalue weighted by molar-refractivity contribution is -0.139. The fourth-order valence-electron chi connectivity index (χ4n) is 4.47. The van der Waals surface area contributed by atoms with E-state index in [0.29, 0.717) is 37.4 Å². The Hall–Kier alpha value is -4.33. The van der Waals surface area contributed by atoms with Crippen LogP contribution in [-0.2, 0) is 4.79 Å². The quantitative estimate of drug-likeness (QED) is 0.474. The third-order valence-electron chi connectivity index (χ3n) is 6.78. The SMILES string of the molecule is Cc1cnc(Nc2cnn(C3CCN(C(=O)C4(F)CC4)CC3)c2)nc1-c1ccc(C(=O)NCC#N)cc1. The van der Waals surface area contributed by atoms with Gasteiger partial charge in [-0.3, -0.25) is 14.3 Å². The number of amides is 2. The van der Waals surface area contributed by atoms with Crippen LogP contribution in [0.4, 0.5) is 16.0 Å². The number of nitrogens with one attached hydrogen (secondary N) is 2. The minimum absolute atomic E-state index is 0.0458. The first-order chi connectivity index (χ1) is 17.9. The van der Waals surface area contributed by atoms with Gasteiger partial charge in [0.1, 0.15) is 6.54 Å². The van der Waals surface area contributed by atoms with Crippen molar-refractivity contribution < 1.29 is 14.0 Å². The van der Waals surface area contributed by atoms with E-state index in [1.807, 2.05) is 36.0 Å². The number of rotatable bonds is 7. The van der Waals surface area contributed by atoms with Gasteiger partial charge in [0, 0.05) is 36.6 Å². The van der Waals surface area contributed by atoms with Gasteiger partial charge in [-0.25, -0.2) is 14.4 Å². The van der Waals surface area contributed by atoms with Crippen LogP contribution in [0.15, 0.2) is 42.9 Å². The summed E-state index contributed by atoms with van der Waals surface area (Å²) < 4.78 is 16.0. The number of aryl methyl sites for hydroxylation is 1. The molecule has 2 N–H and O–H groups in total.